The molecule has 0 aliphatic carbocycles. The molecule has 1 rings (SSSR count). The third-order valence-corrected chi connectivity index (χ3v) is 3.06. The van der Waals surface area contributed by atoms with Crippen LogP contribution in [-0.4, -0.2) is 35.5 Å². The first-order chi connectivity index (χ1) is 8.90. The van der Waals surface area contributed by atoms with Gasteiger partial charge in [-0.05, 0) is 37.7 Å². The summed E-state index contributed by atoms with van der Waals surface area (Å²) in [7, 11) is 1.89. The lowest BCUT2D eigenvalue weighted by molar-refractivity contribution is -0.137. The molecule has 104 valence electrons. The van der Waals surface area contributed by atoms with Crippen molar-refractivity contribution >= 4 is 23.5 Å². The molecule has 6 heteroatoms. The van der Waals surface area contributed by atoms with Crippen LogP contribution >= 0.6 is 11.6 Å². The van der Waals surface area contributed by atoms with E-state index in [1.54, 1.807) is 18.2 Å². The molecule has 0 saturated heterocycles. The maximum atomic E-state index is 11.0. The van der Waals surface area contributed by atoms with Crippen LogP contribution in [0.2, 0.25) is 5.02 Å². The summed E-state index contributed by atoms with van der Waals surface area (Å²) >= 11 is 6.07. The molecule has 0 atom stereocenters. The number of nitrogens with two attached hydrogens (primary N) is 1. The minimum Gasteiger partial charge on any atom is -0.481 e. The van der Waals surface area contributed by atoms with Gasteiger partial charge in [-0.3, -0.25) is 9.59 Å². The van der Waals surface area contributed by atoms with Gasteiger partial charge in [0.25, 0.3) is 0 Å². The molecule has 1 amide bonds. The average molecular weight is 285 g/mol. The molecular weight excluding hydrogens is 268 g/mol. The molecule has 0 heterocycles. The van der Waals surface area contributed by atoms with Crippen LogP contribution in [0.15, 0.2) is 18.2 Å². The summed E-state index contributed by atoms with van der Waals surface area (Å²) in [5.74, 6) is -1.31. The summed E-state index contributed by atoms with van der Waals surface area (Å²) in [4.78, 5) is 23.4. The highest BCUT2D eigenvalue weighted by Gasteiger charge is 2.08. The number of carboxylic acids is 1. The van der Waals surface area contributed by atoms with Gasteiger partial charge in [0.2, 0.25) is 5.91 Å². The van der Waals surface area contributed by atoms with Gasteiger partial charge in [-0.1, -0.05) is 17.7 Å². The highest BCUT2D eigenvalue weighted by Crippen LogP contribution is 2.19. The second-order valence-corrected chi connectivity index (χ2v) is 4.81. The van der Waals surface area contributed by atoms with Gasteiger partial charge < -0.3 is 15.7 Å². The molecule has 0 bridgehead atoms. The number of hydrogen-bond acceptors (Lipinski definition) is 3. The molecule has 0 aliphatic rings. The standard InChI is InChI=1S/C13H17ClN2O3/c1-16(6-2-3-12(17)18)8-10-5-4-9(13(15)19)7-11(10)14/h4-5,7H,2-3,6,8H2,1H3,(H2,15,19)(H,17,18). The molecule has 19 heavy (non-hydrogen) atoms. The van der Waals surface area contributed by atoms with Crippen LogP contribution < -0.4 is 5.73 Å². The summed E-state index contributed by atoms with van der Waals surface area (Å²) in [6, 6.07) is 4.94. The van der Waals surface area contributed by atoms with Crippen LogP contribution in [0.5, 0.6) is 0 Å². The zero-order valence-corrected chi connectivity index (χ0v) is 11.5. The molecule has 1 aromatic carbocycles. The van der Waals surface area contributed by atoms with Crippen LogP contribution in [-0.2, 0) is 11.3 Å². The first kappa shape index (κ1) is 15.5. The van der Waals surface area contributed by atoms with Gasteiger partial charge in [-0.2, -0.15) is 0 Å². The van der Waals surface area contributed by atoms with Gasteiger partial charge in [0.1, 0.15) is 0 Å². The second kappa shape index (κ2) is 7.11. The average Bonchev–Trinajstić information content (AvgIpc) is 2.31. The van der Waals surface area contributed by atoms with Crippen LogP contribution in [0, 0.1) is 0 Å². The predicted molar refractivity (Wildman–Crippen MR) is 73.2 cm³/mol. The Morgan fingerprint density at radius 1 is 1.42 bits per heavy atom. The fourth-order valence-corrected chi connectivity index (χ4v) is 1.94. The molecule has 0 radical (unpaired) electrons. The Labute approximate surface area is 117 Å². The maximum Gasteiger partial charge on any atom is 0.303 e. The molecule has 5 nitrogen and oxygen atoms in total. The minimum absolute atomic E-state index is 0.151. The maximum absolute atomic E-state index is 11.0. The van der Waals surface area contributed by atoms with Gasteiger partial charge in [-0.25, -0.2) is 0 Å². The van der Waals surface area contributed by atoms with Crippen molar-refractivity contribution in [2.75, 3.05) is 13.6 Å². The monoisotopic (exact) mass is 284 g/mol. The van der Waals surface area contributed by atoms with Crippen molar-refractivity contribution in [3.63, 3.8) is 0 Å². The molecule has 0 unspecified atom stereocenters. The molecule has 0 aromatic heterocycles. The molecular formula is C13H17ClN2O3. The predicted octanol–water partition coefficient (Wildman–Crippen LogP) is 1.74. The lowest BCUT2D eigenvalue weighted by Gasteiger charge is -2.17. The number of benzene rings is 1. The fraction of sp³-hybridized carbons (Fsp3) is 0.385. The van der Waals surface area contributed by atoms with Crippen molar-refractivity contribution in [3.05, 3.63) is 34.3 Å². The normalized spacial score (nSPS) is 10.7. The highest BCUT2D eigenvalue weighted by molar-refractivity contribution is 6.31. The zero-order valence-electron chi connectivity index (χ0n) is 10.7. The van der Waals surface area contributed by atoms with Crippen LogP contribution in [0.3, 0.4) is 0 Å². The largest absolute Gasteiger partial charge is 0.481 e. The van der Waals surface area contributed by atoms with Crippen molar-refractivity contribution < 1.29 is 14.7 Å². The van der Waals surface area contributed by atoms with Gasteiger partial charge >= 0.3 is 5.97 Å². The molecule has 0 saturated carbocycles. The summed E-state index contributed by atoms with van der Waals surface area (Å²) in [5.41, 5.74) is 6.42. The number of carbonyl (C=O) groups is 2. The van der Waals surface area contributed by atoms with E-state index in [1.807, 2.05) is 11.9 Å². The quantitative estimate of drug-likeness (QED) is 0.799. The van der Waals surface area contributed by atoms with Crippen molar-refractivity contribution in [2.24, 2.45) is 5.73 Å². The van der Waals surface area contributed by atoms with Gasteiger partial charge in [0.05, 0.1) is 0 Å². The topological polar surface area (TPSA) is 83.6 Å². The van der Waals surface area contributed by atoms with Crippen molar-refractivity contribution in [1.29, 1.82) is 0 Å². The van der Waals surface area contributed by atoms with E-state index in [0.717, 1.165) is 5.56 Å². The number of aliphatic carboxylic acids is 1. The number of carbonyl (C=O) groups excluding carboxylic acids is 1. The number of rotatable bonds is 7. The Morgan fingerprint density at radius 3 is 2.63 bits per heavy atom. The van der Waals surface area contributed by atoms with E-state index in [1.165, 1.54) is 0 Å². The Morgan fingerprint density at radius 2 is 2.11 bits per heavy atom. The summed E-state index contributed by atoms with van der Waals surface area (Å²) in [6.07, 6.45) is 0.738. The molecule has 0 fully saturated rings. The van der Waals surface area contributed by atoms with E-state index in [0.29, 0.717) is 30.1 Å². The van der Waals surface area contributed by atoms with E-state index in [4.69, 9.17) is 22.4 Å². The van der Waals surface area contributed by atoms with Crippen LogP contribution in [0.1, 0.15) is 28.8 Å². The van der Waals surface area contributed by atoms with Gasteiger partial charge in [0, 0.05) is 23.6 Å². The molecule has 3 N–H and O–H groups in total. The Bertz CT molecular complexity index is 477. The van der Waals surface area contributed by atoms with Gasteiger partial charge in [-0.15, -0.1) is 0 Å². The lowest BCUT2D eigenvalue weighted by atomic mass is 10.1. The van der Waals surface area contributed by atoms with Crippen LogP contribution in [0.4, 0.5) is 0 Å². The summed E-state index contributed by atoms with van der Waals surface area (Å²) in [6.45, 7) is 1.26. The summed E-state index contributed by atoms with van der Waals surface area (Å²) < 4.78 is 0. The first-order valence-corrected chi connectivity index (χ1v) is 6.26. The van der Waals surface area contributed by atoms with Crippen molar-refractivity contribution in [3.8, 4) is 0 Å². The first-order valence-electron chi connectivity index (χ1n) is 5.88. The van der Waals surface area contributed by atoms with Crippen LogP contribution in [0.25, 0.3) is 0 Å². The van der Waals surface area contributed by atoms with E-state index < -0.39 is 11.9 Å². The SMILES string of the molecule is CN(CCCC(=O)O)Cc1ccc(C(N)=O)cc1Cl. The number of amides is 1. The van der Waals surface area contributed by atoms with Crippen molar-refractivity contribution in [2.45, 2.75) is 19.4 Å². The Balaban J connectivity index is 2.57. The highest BCUT2D eigenvalue weighted by atomic mass is 35.5. The number of hydrogen-bond donors (Lipinski definition) is 2. The van der Waals surface area contributed by atoms with E-state index in [-0.39, 0.29) is 6.42 Å². The van der Waals surface area contributed by atoms with E-state index in [9.17, 15) is 9.59 Å². The number of carboxylic acid groups (broad SMARTS) is 1. The Kier molecular flexibility index (Phi) is 5.79. The zero-order chi connectivity index (χ0) is 14.4. The summed E-state index contributed by atoms with van der Waals surface area (Å²) in [5, 5.41) is 9.05. The van der Waals surface area contributed by atoms with Gasteiger partial charge in [0.15, 0.2) is 0 Å². The number of primary amides is 1. The molecule has 0 aliphatic heterocycles. The van der Waals surface area contributed by atoms with E-state index >= 15 is 0 Å². The smallest absolute Gasteiger partial charge is 0.303 e. The molecule has 1 aromatic rings. The van der Waals surface area contributed by atoms with E-state index in [2.05, 4.69) is 0 Å². The number of halogens is 1. The fourth-order valence-electron chi connectivity index (χ4n) is 1.70. The molecule has 0 spiro atoms. The lowest BCUT2D eigenvalue weighted by Crippen LogP contribution is -2.20. The Hall–Kier alpha value is -1.59. The number of nitrogens with zero attached hydrogens (tertiary/aromatic N) is 1. The van der Waals surface area contributed by atoms with Crippen molar-refractivity contribution in [1.82, 2.24) is 4.90 Å². The minimum atomic E-state index is -0.794. The second-order valence-electron chi connectivity index (χ2n) is 4.41. The third-order valence-electron chi connectivity index (χ3n) is 2.71. The third kappa shape index (κ3) is 5.28.